The van der Waals surface area contributed by atoms with Gasteiger partial charge in [0.2, 0.25) is 0 Å². The molecular weight excluding hydrogens is 276 g/mol. The van der Waals surface area contributed by atoms with Gasteiger partial charge < -0.3 is 9.47 Å². The molecule has 0 radical (unpaired) electrons. The van der Waals surface area contributed by atoms with Crippen molar-refractivity contribution in [3.8, 4) is 0 Å². The van der Waals surface area contributed by atoms with E-state index in [-0.39, 0.29) is 12.1 Å². The van der Waals surface area contributed by atoms with E-state index in [2.05, 4.69) is 6.92 Å². The minimum Gasteiger partial charge on any atom is -0.460 e. The van der Waals surface area contributed by atoms with Crippen molar-refractivity contribution in [2.45, 2.75) is 103 Å². The smallest absolute Gasteiger partial charge is 0.306 e. The highest BCUT2D eigenvalue weighted by Gasteiger charge is 2.08. The third kappa shape index (κ3) is 15.8. The maximum atomic E-state index is 11.5. The van der Waals surface area contributed by atoms with E-state index in [4.69, 9.17) is 9.47 Å². The van der Waals surface area contributed by atoms with E-state index in [1.54, 1.807) is 7.11 Å². The number of hydrogen-bond donors (Lipinski definition) is 0. The van der Waals surface area contributed by atoms with Crippen LogP contribution in [0.25, 0.3) is 0 Å². The Morgan fingerprint density at radius 3 is 1.73 bits per heavy atom. The van der Waals surface area contributed by atoms with Crippen LogP contribution < -0.4 is 0 Å². The van der Waals surface area contributed by atoms with Crippen molar-refractivity contribution in [2.24, 2.45) is 0 Å². The molecule has 0 bridgehead atoms. The molecule has 0 aliphatic heterocycles. The van der Waals surface area contributed by atoms with E-state index in [9.17, 15) is 4.79 Å². The summed E-state index contributed by atoms with van der Waals surface area (Å²) in [6, 6.07) is 0. The van der Waals surface area contributed by atoms with Gasteiger partial charge in [0.05, 0.1) is 6.61 Å². The summed E-state index contributed by atoms with van der Waals surface area (Å²) in [5.41, 5.74) is 0. The molecule has 0 fully saturated rings. The highest BCUT2D eigenvalue weighted by molar-refractivity contribution is 5.69. The minimum absolute atomic E-state index is 0.0865. The van der Waals surface area contributed by atoms with Crippen LogP contribution in [0.1, 0.15) is 97.3 Å². The van der Waals surface area contributed by atoms with Gasteiger partial charge in [-0.3, -0.25) is 4.79 Å². The van der Waals surface area contributed by atoms with Gasteiger partial charge in [-0.15, -0.1) is 0 Å². The van der Waals surface area contributed by atoms with Crippen molar-refractivity contribution in [2.75, 3.05) is 13.7 Å². The van der Waals surface area contributed by atoms with Gasteiger partial charge in [0.1, 0.15) is 6.10 Å². The molecule has 0 aliphatic carbocycles. The molecule has 0 rings (SSSR count). The maximum Gasteiger partial charge on any atom is 0.306 e. The quantitative estimate of drug-likeness (QED) is 0.272. The van der Waals surface area contributed by atoms with Crippen LogP contribution in [0, 0.1) is 0 Å². The average molecular weight is 315 g/mol. The molecule has 0 aliphatic rings. The van der Waals surface area contributed by atoms with Crippen LogP contribution in [-0.4, -0.2) is 25.8 Å². The second kappa shape index (κ2) is 16.8. The van der Waals surface area contributed by atoms with Crippen LogP contribution in [0.3, 0.4) is 0 Å². The summed E-state index contributed by atoms with van der Waals surface area (Å²) < 4.78 is 10.2. The predicted octanol–water partition coefficient (Wildman–Crippen LogP) is 5.66. The van der Waals surface area contributed by atoms with Gasteiger partial charge in [-0.2, -0.15) is 0 Å². The molecule has 0 N–H and O–H groups in total. The van der Waals surface area contributed by atoms with E-state index >= 15 is 0 Å². The van der Waals surface area contributed by atoms with Crippen molar-refractivity contribution < 1.29 is 14.3 Å². The molecule has 1 unspecified atom stereocenters. The summed E-state index contributed by atoms with van der Waals surface area (Å²) >= 11 is 0. The molecule has 0 amide bonds. The molecular formula is C19H38O3. The van der Waals surface area contributed by atoms with Gasteiger partial charge in [0, 0.05) is 13.5 Å². The SMILES string of the molecule is CCCCCCCCCCCCCCC(=O)OC(C)COC. The van der Waals surface area contributed by atoms with Crippen LogP contribution in [-0.2, 0) is 14.3 Å². The average Bonchev–Trinajstić information content (AvgIpc) is 2.48. The first kappa shape index (κ1) is 21.4. The summed E-state index contributed by atoms with van der Waals surface area (Å²) in [5.74, 6) is -0.0865. The molecule has 3 nitrogen and oxygen atoms in total. The van der Waals surface area contributed by atoms with Gasteiger partial charge in [-0.05, 0) is 13.3 Å². The Morgan fingerprint density at radius 2 is 1.27 bits per heavy atom. The zero-order valence-corrected chi connectivity index (χ0v) is 15.2. The van der Waals surface area contributed by atoms with Crippen LogP contribution in [0.5, 0.6) is 0 Å². The van der Waals surface area contributed by atoms with E-state index in [1.165, 1.54) is 64.2 Å². The molecule has 0 spiro atoms. The highest BCUT2D eigenvalue weighted by atomic mass is 16.6. The topological polar surface area (TPSA) is 35.5 Å². The molecule has 0 heterocycles. The van der Waals surface area contributed by atoms with Crippen LogP contribution in [0.4, 0.5) is 0 Å². The Hall–Kier alpha value is -0.570. The van der Waals surface area contributed by atoms with E-state index < -0.39 is 0 Å². The molecule has 0 aromatic carbocycles. The van der Waals surface area contributed by atoms with Gasteiger partial charge >= 0.3 is 5.97 Å². The molecule has 0 saturated carbocycles. The number of unbranched alkanes of at least 4 members (excludes halogenated alkanes) is 11. The van der Waals surface area contributed by atoms with Gasteiger partial charge in [0.25, 0.3) is 0 Å². The lowest BCUT2D eigenvalue weighted by atomic mass is 10.0. The van der Waals surface area contributed by atoms with Crippen molar-refractivity contribution in [1.29, 1.82) is 0 Å². The summed E-state index contributed by atoms with van der Waals surface area (Å²) in [7, 11) is 1.62. The number of ether oxygens (including phenoxy) is 2. The fourth-order valence-corrected chi connectivity index (χ4v) is 2.66. The van der Waals surface area contributed by atoms with Crippen molar-refractivity contribution in [3.05, 3.63) is 0 Å². The number of carbonyl (C=O) groups excluding carboxylic acids is 1. The number of esters is 1. The van der Waals surface area contributed by atoms with Crippen molar-refractivity contribution in [1.82, 2.24) is 0 Å². The normalized spacial score (nSPS) is 12.3. The Balaban J connectivity index is 3.18. The minimum atomic E-state index is -0.130. The number of carbonyl (C=O) groups is 1. The monoisotopic (exact) mass is 314 g/mol. The Kier molecular flexibility index (Phi) is 16.4. The summed E-state index contributed by atoms with van der Waals surface area (Å²) in [4.78, 5) is 11.5. The lowest BCUT2D eigenvalue weighted by Gasteiger charge is -2.11. The summed E-state index contributed by atoms with van der Waals surface area (Å²) in [6.45, 7) is 4.60. The summed E-state index contributed by atoms with van der Waals surface area (Å²) in [6.07, 6.45) is 16.2. The maximum absolute atomic E-state index is 11.5. The van der Waals surface area contributed by atoms with Crippen LogP contribution in [0.2, 0.25) is 0 Å². The molecule has 0 aromatic heterocycles. The Labute approximate surface area is 138 Å². The zero-order valence-electron chi connectivity index (χ0n) is 15.2. The van der Waals surface area contributed by atoms with E-state index in [0.29, 0.717) is 13.0 Å². The number of rotatable bonds is 16. The van der Waals surface area contributed by atoms with Crippen LogP contribution in [0.15, 0.2) is 0 Å². The first-order chi connectivity index (χ1) is 10.7. The third-order valence-corrected chi connectivity index (χ3v) is 3.97. The first-order valence-electron chi connectivity index (χ1n) is 9.39. The number of hydrogen-bond acceptors (Lipinski definition) is 3. The van der Waals surface area contributed by atoms with Crippen molar-refractivity contribution in [3.63, 3.8) is 0 Å². The molecule has 0 saturated heterocycles. The Morgan fingerprint density at radius 1 is 0.818 bits per heavy atom. The molecule has 132 valence electrons. The first-order valence-corrected chi connectivity index (χ1v) is 9.39. The molecule has 22 heavy (non-hydrogen) atoms. The summed E-state index contributed by atoms with van der Waals surface area (Å²) in [5, 5.41) is 0. The molecule has 1 atom stereocenters. The largest absolute Gasteiger partial charge is 0.460 e. The lowest BCUT2D eigenvalue weighted by molar-refractivity contribution is -0.150. The van der Waals surface area contributed by atoms with Gasteiger partial charge in [0.15, 0.2) is 0 Å². The van der Waals surface area contributed by atoms with E-state index in [1.807, 2.05) is 6.92 Å². The second-order valence-corrected chi connectivity index (χ2v) is 6.39. The van der Waals surface area contributed by atoms with E-state index in [0.717, 1.165) is 12.8 Å². The fraction of sp³-hybridized carbons (Fsp3) is 0.947. The standard InChI is InChI=1S/C19H38O3/c1-4-5-6-7-8-9-10-11-12-13-14-15-16-19(20)22-18(2)17-21-3/h18H,4-17H2,1-3H3. The van der Waals surface area contributed by atoms with Crippen LogP contribution >= 0.6 is 0 Å². The molecule has 3 heteroatoms. The number of methoxy groups -OCH3 is 1. The van der Waals surface area contributed by atoms with Crippen molar-refractivity contribution >= 4 is 5.97 Å². The van der Waals surface area contributed by atoms with Gasteiger partial charge in [-0.25, -0.2) is 0 Å². The lowest BCUT2D eigenvalue weighted by Crippen LogP contribution is -2.19. The zero-order chi connectivity index (χ0) is 16.5. The third-order valence-electron chi connectivity index (χ3n) is 3.97. The predicted molar refractivity (Wildman–Crippen MR) is 93.1 cm³/mol. The Bertz CT molecular complexity index is 241. The second-order valence-electron chi connectivity index (χ2n) is 6.39. The fourth-order valence-electron chi connectivity index (χ4n) is 2.66. The molecule has 0 aromatic rings. The van der Waals surface area contributed by atoms with Gasteiger partial charge in [-0.1, -0.05) is 77.6 Å². The highest BCUT2D eigenvalue weighted by Crippen LogP contribution is 2.12.